The lowest BCUT2D eigenvalue weighted by Gasteiger charge is -2.48. The zero-order valence-electron chi connectivity index (χ0n) is 45.6. The van der Waals surface area contributed by atoms with Gasteiger partial charge in [0.15, 0.2) is 0 Å². The van der Waals surface area contributed by atoms with E-state index in [1.54, 1.807) is 5.56 Å². The van der Waals surface area contributed by atoms with Gasteiger partial charge in [-0.3, -0.25) is 0 Å². The number of benzene rings is 6. The van der Waals surface area contributed by atoms with Gasteiger partial charge < -0.3 is 9.80 Å². The third-order valence-electron chi connectivity index (χ3n) is 19.5. The van der Waals surface area contributed by atoms with Gasteiger partial charge in [0.2, 0.25) is 0 Å². The molecule has 0 bridgehead atoms. The van der Waals surface area contributed by atoms with Crippen molar-refractivity contribution in [2.24, 2.45) is 0 Å². The number of anilines is 6. The van der Waals surface area contributed by atoms with Crippen molar-refractivity contribution in [2.45, 2.75) is 200 Å². The fraction of sp³-hybridized carbons (Fsp3) is 0.463. The predicted octanol–water partition coefficient (Wildman–Crippen LogP) is 16.6. The fourth-order valence-corrected chi connectivity index (χ4v) is 15.4. The molecule has 2 aliphatic heterocycles. The summed E-state index contributed by atoms with van der Waals surface area (Å²) in [5.74, 6) is 0.374. The molecule has 0 spiro atoms. The highest BCUT2D eigenvalue weighted by Crippen LogP contribution is 2.56. The van der Waals surface area contributed by atoms with Crippen LogP contribution in [-0.2, 0) is 38.9 Å². The Morgan fingerprint density at radius 2 is 0.971 bits per heavy atom. The lowest BCUT2D eigenvalue weighted by molar-refractivity contribution is 0.332. The highest BCUT2D eigenvalue weighted by molar-refractivity contribution is 7.00. The first-order valence-corrected chi connectivity index (χ1v) is 27.5. The van der Waals surface area contributed by atoms with Gasteiger partial charge in [0.05, 0.1) is 0 Å². The molecule has 1 unspecified atom stereocenters. The molecule has 360 valence electrons. The Bertz CT molecular complexity index is 3210. The van der Waals surface area contributed by atoms with E-state index < -0.39 is 0 Å². The van der Waals surface area contributed by atoms with Gasteiger partial charge in [-0.25, -0.2) is 0 Å². The smallest absolute Gasteiger partial charge is 0.252 e. The Balaban J connectivity index is 1.22. The van der Waals surface area contributed by atoms with Crippen LogP contribution < -0.4 is 26.2 Å². The number of hydrogen-bond acceptors (Lipinski definition) is 2. The zero-order valence-corrected chi connectivity index (χ0v) is 45.6. The van der Waals surface area contributed by atoms with Gasteiger partial charge in [0.25, 0.3) is 6.71 Å². The molecule has 3 heteroatoms. The minimum atomic E-state index is 0.0590. The van der Waals surface area contributed by atoms with E-state index in [1.165, 1.54) is 157 Å². The molecule has 2 nitrogen and oxygen atoms in total. The third kappa shape index (κ3) is 6.57. The maximum atomic E-state index is 2.80. The van der Waals surface area contributed by atoms with E-state index in [-0.39, 0.29) is 39.2 Å². The van der Waals surface area contributed by atoms with Gasteiger partial charge >= 0.3 is 0 Å². The first-order chi connectivity index (χ1) is 32.9. The molecule has 6 aromatic carbocycles. The molecule has 0 saturated carbocycles. The molecule has 0 aromatic heterocycles. The molecule has 12 rings (SSSR count). The molecule has 6 aromatic rings. The van der Waals surface area contributed by atoms with Crippen molar-refractivity contribution in [2.75, 3.05) is 9.80 Å². The van der Waals surface area contributed by atoms with E-state index in [9.17, 15) is 0 Å². The topological polar surface area (TPSA) is 6.48 Å². The summed E-state index contributed by atoms with van der Waals surface area (Å²) in [5.41, 5.74) is 30.7. The molecule has 0 N–H and O–H groups in total. The van der Waals surface area contributed by atoms with Gasteiger partial charge in [-0.05, 0) is 210 Å². The van der Waals surface area contributed by atoms with E-state index >= 15 is 0 Å². The van der Waals surface area contributed by atoms with Crippen LogP contribution in [0.3, 0.4) is 0 Å². The van der Waals surface area contributed by atoms with E-state index in [0.717, 1.165) is 12.8 Å². The normalized spacial score (nSPS) is 21.5. The van der Waals surface area contributed by atoms with Gasteiger partial charge in [0, 0.05) is 40.0 Å². The second-order valence-electron chi connectivity index (χ2n) is 27.3. The average Bonchev–Trinajstić information content (AvgIpc) is 3.68. The molecular weight excluding hydrogens is 844 g/mol. The number of rotatable bonds is 6. The monoisotopic (exact) mass is 923 g/mol. The maximum Gasteiger partial charge on any atom is 0.252 e. The molecular formula is C67H79BN2. The first kappa shape index (κ1) is 46.1. The highest BCUT2D eigenvalue weighted by Gasteiger charge is 2.50. The van der Waals surface area contributed by atoms with Crippen LogP contribution >= 0.6 is 0 Å². The van der Waals surface area contributed by atoms with Crippen molar-refractivity contribution in [1.82, 2.24) is 0 Å². The molecule has 70 heavy (non-hydrogen) atoms. The van der Waals surface area contributed by atoms with Gasteiger partial charge in [-0.15, -0.1) is 0 Å². The maximum absolute atomic E-state index is 2.80. The van der Waals surface area contributed by atoms with Crippen LogP contribution in [0.15, 0.2) is 91.0 Å². The van der Waals surface area contributed by atoms with Crippen LogP contribution in [-0.4, -0.2) is 6.71 Å². The van der Waals surface area contributed by atoms with Crippen molar-refractivity contribution in [3.8, 4) is 11.1 Å². The lowest BCUT2D eigenvalue weighted by Crippen LogP contribution is -2.62. The standard InChI is InChI=1S/C67H79BN2/c1-16-17-18-21-42-31-59-61-60(32-42)70(56-36-51-48(30-40(56)2)62(4,5)26-28-64(51,8)9)58-38-53-50(66(12,13)39-67(53,14)15)35-55(58)68(61)54-34-49-52(65(10,11)29-27-63(49,6)7)37-57(54)69(59)43-24-25-45-41(3)44-22-19-20-23-46(44)47(45)33-43/h19-20,22-25,30-38,41H,16-18,21,26-29,39H2,1-15H3. The Labute approximate surface area is 422 Å². The number of unbranched alkanes of at least 4 members (excludes halogenated alkanes) is 2. The van der Waals surface area contributed by atoms with Gasteiger partial charge in [-0.2, -0.15) is 0 Å². The minimum Gasteiger partial charge on any atom is -0.311 e. The van der Waals surface area contributed by atoms with E-state index in [1.807, 2.05) is 0 Å². The molecule has 0 saturated heterocycles. The van der Waals surface area contributed by atoms with Crippen molar-refractivity contribution in [3.63, 3.8) is 0 Å². The van der Waals surface area contributed by atoms with Crippen LogP contribution in [0.4, 0.5) is 34.1 Å². The second kappa shape index (κ2) is 15.0. The molecule has 4 aliphatic carbocycles. The Morgan fingerprint density at radius 1 is 0.486 bits per heavy atom. The van der Waals surface area contributed by atoms with E-state index in [0.29, 0.717) is 5.92 Å². The minimum absolute atomic E-state index is 0.0590. The quantitative estimate of drug-likeness (QED) is 0.121. The number of nitrogens with zero attached hydrogens (tertiary/aromatic N) is 2. The Kier molecular flexibility index (Phi) is 9.89. The van der Waals surface area contributed by atoms with E-state index in [2.05, 4.69) is 205 Å². The van der Waals surface area contributed by atoms with Crippen molar-refractivity contribution in [3.05, 3.63) is 147 Å². The van der Waals surface area contributed by atoms with Crippen LogP contribution in [0.2, 0.25) is 0 Å². The van der Waals surface area contributed by atoms with Gasteiger partial charge in [0.1, 0.15) is 0 Å². The number of hydrogen-bond donors (Lipinski definition) is 0. The second-order valence-corrected chi connectivity index (χ2v) is 27.3. The van der Waals surface area contributed by atoms with Crippen LogP contribution in [0.1, 0.15) is 210 Å². The average molecular weight is 923 g/mol. The SMILES string of the molecule is CCCCCc1cc2c3c(c1)N(c1cc4c(cc1C)C(C)(C)CCC4(C)C)c1cc4c(cc1B3c1cc3c(cc1N2c1ccc2c(c1)-c1ccccc1C2C)C(C)(C)CCC3(C)C)C(C)(C)CC4(C)C. The fourth-order valence-electron chi connectivity index (χ4n) is 15.4. The summed E-state index contributed by atoms with van der Waals surface area (Å²) in [4.78, 5) is 5.56. The zero-order chi connectivity index (χ0) is 49.4. The van der Waals surface area contributed by atoms with Crippen LogP contribution in [0, 0.1) is 6.92 Å². The summed E-state index contributed by atoms with van der Waals surface area (Å²) >= 11 is 0. The summed E-state index contributed by atoms with van der Waals surface area (Å²) in [7, 11) is 0. The summed E-state index contributed by atoms with van der Waals surface area (Å²) in [6.07, 6.45) is 10.6. The van der Waals surface area contributed by atoms with E-state index in [4.69, 9.17) is 0 Å². The molecule has 0 fully saturated rings. The highest BCUT2D eigenvalue weighted by atomic mass is 15.2. The summed E-state index contributed by atoms with van der Waals surface area (Å²) < 4.78 is 0. The number of fused-ring (bicyclic) bond motifs is 10. The van der Waals surface area contributed by atoms with Crippen LogP contribution in [0.25, 0.3) is 11.1 Å². The molecule has 6 aliphatic rings. The summed E-state index contributed by atoms with van der Waals surface area (Å²) in [5, 5.41) is 0. The summed E-state index contributed by atoms with van der Waals surface area (Å²) in [6.45, 7) is 37.3. The molecule has 1 atom stereocenters. The predicted molar refractivity (Wildman–Crippen MR) is 303 cm³/mol. The Hall–Kier alpha value is -5.02. The van der Waals surface area contributed by atoms with Crippen molar-refractivity contribution in [1.29, 1.82) is 0 Å². The van der Waals surface area contributed by atoms with Crippen molar-refractivity contribution < 1.29 is 0 Å². The molecule has 0 amide bonds. The first-order valence-electron chi connectivity index (χ1n) is 27.5. The largest absolute Gasteiger partial charge is 0.311 e. The summed E-state index contributed by atoms with van der Waals surface area (Å²) in [6, 6.07) is 38.1. The van der Waals surface area contributed by atoms with Gasteiger partial charge in [-0.1, -0.05) is 158 Å². The van der Waals surface area contributed by atoms with Crippen LogP contribution in [0.5, 0.6) is 0 Å². The van der Waals surface area contributed by atoms with Crippen molar-refractivity contribution >= 4 is 57.2 Å². The lowest BCUT2D eigenvalue weighted by atomic mass is 9.32. The molecule has 0 radical (unpaired) electrons. The molecule has 2 heterocycles. The number of aryl methyl sites for hydroxylation is 2. The third-order valence-corrected chi connectivity index (χ3v) is 19.5. The Morgan fingerprint density at radius 3 is 1.57 bits per heavy atom.